The smallest absolute Gasteiger partial charge is 0.305 e. The number of amides is 1. The van der Waals surface area contributed by atoms with Crippen LogP contribution in [0.25, 0.3) is 22.4 Å². The van der Waals surface area contributed by atoms with E-state index in [0.717, 1.165) is 12.8 Å². The molecule has 4 aromatic rings. The number of carboxylic acids is 1. The maximum absolute atomic E-state index is 14.4. The molecule has 2 atom stereocenters. The Labute approximate surface area is 265 Å². The first-order chi connectivity index (χ1) is 22.1. The van der Waals surface area contributed by atoms with E-state index >= 15 is 0 Å². The molecule has 1 aromatic heterocycles. The molecule has 0 aliphatic heterocycles. The van der Waals surface area contributed by atoms with Crippen molar-refractivity contribution in [3.63, 3.8) is 0 Å². The molecule has 1 aliphatic carbocycles. The Morgan fingerprint density at radius 2 is 1.54 bits per heavy atom. The molecule has 1 saturated carbocycles. The van der Waals surface area contributed by atoms with Gasteiger partial charge in [0.05, 0.1) is 49.8 Å². The van der Waals surface area contributed by atoms with E-state index in [9.17, 15) is 28.6 Å². The third-order valence-electron chi connectivity index (χ3n) is 8.04. The van der Waals surface area contributed by atoms with Crippen LogP contribution in [0.15, 0.2) is 66.7 Å². The van der Waals surface area contributed by atoms with Gasteiger partial charge in [-0.05, 0) is 85.3 Å². The number of nitrogens with one attached hydrogen (secondary N) is 1. The second kappa shape index (κ2) is 14.1. The highest BCUT2D eigenvalue weighted by atomic mass is 19.1. The summed E-state index contributed by atoms with van der Waals surface area (Å²) < 4.78 is 41.0. The van der Waals surface area contributed by atoms with E-state index in [1.165, 1.54) is 38.5 Å². The number of methoxy groups -OCH3 is 2. The van der Waals surface area contributed by atoms with Crippen molar-refractivity contribution >= 4 is 17.6 Å². The summed E-state index contributed by atoms with van der Waals surface area (Å²) in [5.74, 6) is -1.59. The average molecular weight is 635 g/mol. The van der Waals surface area contributed by atoms with Crippen molar-refractivity contribution in [2.45, 2.75) is 56.8 Å². The summed E-state index contributed by atoms with van der Waals surface area (Å²) in [5, 5.41) is 32.9. The molecule has 3 aromatic carbocycles. The molecule has 46 heavy (non-hydrogen) atoms. The van der Waals surface area contributed by atoms with Gasteiger partial charge in [-0.2, -0.15) is 0 Å². The molecular formula is C35H36F2N2O7. The van der Waals surface area contributed by atoms with Crippen molar-refractivity contribution < 1.29 is 43.2 Å². The Morgan fingerprint density at radius 3 is 2.11 bits per heavy atom. The van der Waals surface area contributed by atoms with Gasteiger partial charge in [0, 0.05) is 29.8 Å². The van der Waals surface area contributed by atoms with Crippen LogP contribution in [0.2, 0.25) is 0 Å². The SMILES string of the molecule is COc1ccc(NC(=O)c2c(-c3ccc(F)cc3)c(-c3ccc(F)cc3)n(CC[C@@H](O)C[C@@H](O)CC(=O)O)c2C2CC2)c(OC)c1. The van der Waals surface area contributed by atoms with E-state index in [2.05, 4.69) is 5.32 Å². The Kier molecular flexibility index (Phi) is 10.0. The molecule has 0 radical (unpaired) electrons. The van der Waals surface area contributed by atoms with Gasteiger partial charge in [0.1, 0.15) is 23.1 Å². The number of aliphatic hydroxyl groups excluding tert-OH is 2. The second-order valence-electron chi connectivity index (χ2n) is 11.4. The fraction of sp³-hybridized carbons (Fsp3) is 0.314. The summed E-state index contributed by atoms with van der Waals surface area (Å²) in [5.41, 5.74) is 3.72. The van der Waals surface area contributed by atoms with Crippen LogP contribution >= 0.6 is 0 Å². The van der Waals surface area contributed by atoms with Crippen molar-refractivity contribution in [2.75, 3.05) is 19.5 Å². The molecule has 4 N–H and O–H groups in total. The lowest BCUT2D eigenvalue weighted by molar-refractivity contribution is -0.139. The fourth-order valence-electron chi connectivity index (χ4n) is 5.77. The molecule has 1 fully saturated rings. The van der Waals surface area contributed by atoms with E-state index in [0.29, 0.717) is 50.8 Å². The quantitative estimate of drug-likeness (QED) is 0.130. The van der Waals surface area contributed by atoms with Crippen LogP contribution in [-0.4, -0.2) is 58.2 Å². The minimum absolute atomic E-state index is 0.00153. The number of anilines is 1. The number of carbonyl (C=O) groups is 2. The minimum Gasteiger partial charge on any atom is -0.497 e. The van der Waals surface area contributed by atoms with Gasteiger partial charge >= 0.3 is 5.97 Å². The molecule has 0 unspecified atom stereocenters. The number of ether oxygens (including phenoxy) is 2. The van der Waals surface area contributed by atoms with Crippen LogP contribution in [0.1, 0.15) is 54.1 Å². The average Bonchev–Trinajstić information content (AvgIpc) is 3.81. The molecule has 9 nitrogen and oxygen atoms in total. The summed E-state index contributed by atoms with van der Waals surface area (Å²) in [6.07, 6.45) is -1.16. The van der Waals surface area contributed by atoms with Crippen molar-refractivity contribution in [3.05, 3.63) is 89.6 Å². The second-order valence-corrected chi connectivity index (χ2v) is 11.4. The zero-order valence-electron chi connectivity index (χ0n) is 25.5. The van der Waals surface area contributed by atoms with Gasteiger partial charge in [0.25, 0.3) is 5.91 Å². The van der Waals surface area contributed by atoms with Crippen LogP contribution in [0.4, 0.5) is 14.5 Å². The standard InChI is InChI=1S/C35H36F2N2O7/c1-45-27-13-14-28(29(19-27)46-2)38-35(44)32-31(20-5-9-23(36)10-6-20)33(22-7-11-24(37)12-8-22)39(34(32)21-3-4-21)16-15-25(40)17-26(41)18-30(42)43/h5-14,19,21,25-26,40-41H,3-4,15-18H2,1-2H3,(H,38,44)(H,42,43)/t25-,26-/m1/s1. The molecule has 1 heterocycles. The zero-order chi connectivity index (χ0) is 33.0. The zero-order valence-corrected chi connectivity index (χ0v) is 25.5. The van der Waals surface area contributed by atoms with Crippen molar-refractivity contribution in [2.24, 2.45) is 0 Å². The number of aliphatic carboxylic acids is 1. The van der Waals surface area contributed by atoms with Gasteiger partial charge in [0.15, 0.2) is 0 Å². The van der Waals surface area contributed by atoms with Crippen LogP contribution in [0, 0.1) is 11.6 Å². The molecule has 0 spiro atoms. The van der Waals surface area contributed by atoms with Crippen LogP contribution in [0.3, 0.4) is 0 Å². The Balaban J connectivity index is 1.67. The maximum atomic E-state index is 14.4. The maximum Gasteiger partial charge on any atom is 0.305 e. The number of rotatable bonds is 14. The first-order valence-electron chi connectivity index (χ1n) is 15.0. The van der Waals surface area contributed by atoms with E-state index in [1.807, 2.05) is 4.57 Å². The third kappa shape index (κ3) is 7.38. The molecule has 5 rings (SSSR count). The predicted molar refractivity (Wildman–Crippen MR) is 168 cm³/mol. The predicted octanol–water partition coefficient (Wildman–Crippen LogP) is 6.22. The largest absolute Gasteiger partial charge is 0.497 e. The summed E-state index contributed by atoms with van der Waals surface area (Å²) in [6, 6.07) is 16.6. The van der Waals surface area contributed by atoms with Crippen LogP contribution in [0.5, 0.6) is 11.5 Å². The van der Waals surface area contributed by atoms with Crippen LogP contribution < -0.4 is 14.8 Å². The Bertz CT molecular complexity index is 1700. The first kappa shape index (κ1) is 32.6. The number of hydrogen-bond acceptors (Lipinski definition) is 6. The molecular weight excluding hydrogens is 598 g/mol. The lowest BCUT2D eigenvalue weighted by Crippen LogP contribution is -2.22. The third-order valence-corrected chi connectivity index (χ3v) is 8.04. The van der Waals surface area contributed by atoms with E-state index in [4.69, 9.17) is 14.6 Å². The highest BCUT2D eigenvalue weighted by molar-refractivity contribution is 6.13. The highest BCUT2D eigenvalue weighted by Gasteiger charge is 2.37. The van der Waals surface area contributed by atoms with E-state index in [-0.39, 0.29) is 25.3 Å². The monoisotopic (exact) mass is 634 g/mol. The van der Waals surface area contributed by atoms with Gasteiger partial charge < -0.3 is 34.7 Å². The van der Waals surface area contributed by atoms with Gasteiger partial charge in [0.2, 0.25) is 0 Å². The van der Waals surface area contributed by atoms with Crippen LogP contribution in [-0.2, 0) is 11.3 Å². The number of benzene rings is 3. The normalized spacial score (nSPS) is 14.0. The molecule has 11 heteroatoms. The summed E-state index contributed by atoms with van der Waals surface area (Å²) in [4.78, 5) is 25.4. The lowest BCUT2D eigenvalue weighted by atomic mass is 9.95. The van der Waals surface area contributed by atoms with Gasteiger partial charge in [-0.25, -0.2) is 8.78 Å². The first-order valence-corrected chi connectivity index (χ1v) is 15.0. The lowest BCUT2D eigenvalue weighted by Gasteiger charge is -2.19. The van der Waals surface area contributed by atoms with Crippen molar-refractivity contribution in [1.82, 2.24) is 4.57 Å². The Morgan fingerprint density at radius 1 is 0.913 bits per heavy atom. The van der Waals surface area contributed by atoms with Gasteiger partial charge in [-0.15, -0.1) is 0 Å². The summed E-state index contributed by atoms with van der Waals surface area (Å²) >= 11 is 0. The topological polar surface area (TPSA) is 130 Å². The van der Waals surface area contributed by atoms with Crippen molar-refractivity contribution in [1.29, 1.82) is 0 Å². The molecule has 242 valence electrons. The molecule has 1 amide bonds. The molecule has 1 aliphatic rings. The van der Waals surface area contributed by atoms with E-state index < -0.39 is 42.1 Å². The number of halogens is 2. The van der Waals surface area contributed by atoms with Gasteiger partial charge in [-0.3, -0.25) is 9.59 Å². The number of nitrogens with zero attached hydrogens (tertiary/aromatic N) is 1. The number of carboxylic acid groups (broad SMARTS) is 1. The van der Waals surface area contributed by atoms with E-state index in [1.54, 1.807) is 42.5 Å². The molecule has 0 saturated heterocycles. The number of aliphatic hydroxyl groups is 2. The highest BCUT2D eigenvalue weighted by Crippen LogP contribution is 2.49. The minimum atomic E-state index is -1.23. The van der Waals surface area contributed by atoms with Gasteiger partial charge in [-0.1, -0.05) is 12.1 Å². The Hall–Kier alpha value is -4.74. The van der Waals surface area contributed by atoms with Crippen molar-refractivity contribution in [3.8, 4) is 33.9 Å². The fourth-order valence-corrected chi connectivity index (χ4v) is 5.77. The number of carbonyl (C=O) groups excluding carboxylic acids is 1. The number of aromatic nitrogens is 1. The number of hydrogen-bond donors (Lipinski definition) is 4. The summed E-state index contributed by atoms with van der Waals surface area (Å²) in [7, 11) is 3.00. The summed E-state index contributed by atoms with van der Waals surface area (Å²) in [6.45, 7) is 0.201. The molecule has 0 bridgehead atoms.